The number of cyclic esters (lactones) is 4. The summed E-state index contributed by atoms with van der Waals surface area (Å²) in [6.07, 6.45) is 0. The SMILES string of the molecule is COc1c2cc3ccccc3c1-c1c(OC)c(cc3ccccc13)COC(=O)c1ccc(s1)C(=O)OCc1cc3ccccc3c(c1OC)-c1c(OC)c(cc3ccccc13)OC(=O)c1ccc(s1)C(=O)Oc1cc3ccccc3c(c1OC)-c1c(OC)c(cc3ccccc13)COC(=O)c1ccc(s1)C(=O)OC2. The predicted molar refractivity (Wildman–Crippen MR) is 419 cm³/mol. The Hall–Kier alpha value is -13.1. The largest absolute Gasteiger partial charge is 0.496 e. The van der Waals surface area contributed by atoms with Crippen molar-refractivity contribution in [3.63, 3.8) is 0 Å². The van der Waals surface area contributed by atoms with E-state index in [4.69, 9.17) is 56.8 Å². The van der Waals surface area contributed by atoms with Crippen molar-refractivity contribution in [2.24, 2.45) is 0 Å². The Kier molecular flexibility index (Phi) is 19.1. The van der Waals surface area contributed by atoms with E-state index >= 15 is 0 Å². The van der Waals surface area contributed by atoms with E-state index in [2.05, 4.69) is 0 Å². The molecule has 3 aromatic heterocycles. The second-order valence-corrected chi connectivity index (χ2v) is 28.5. The van der Waals surface area contributed by atoms with E-state index in [0.29, 0.717) is 100 Å². The Bertz CT molecular complexity index is 5890. The molecule has 18 bridgehead atoms. The number of benzene rings is 12. The van der Waals surface area contributed by atoms with Crippen LogP contribution in [-0.4, -0.2) is 78.5 Å². The van der Waals surface area contributed by atoms with Gasteiger partial charge in [0.15, 0.2) is 23.0 Å². The molecule has 0 saturated carbocycles. The van der Waals surface area contributed by atoms with Gasteiger partial charge in [0.25, 0.3) is 0 Å². The highest BCUT2D eigenvalue weighted by Crippen LogP contribution is 2.54. The molecule has 4 heterocycles. The van der Waals surface area contributed by atoms with Gasteiger partial charge in [0.2, 0.25) is 0 Å². The molecule has 109 heavy (non-hydrogen) atoms. The second kappa shape index (κ2) is 29.7. The number of thiophene rings is 3. The minimum Gasteiger partial charge on any atom is -0.496 e. The monoisotopic (exact) mass is 1500 g/mol. The van der Waals surface area contributed by atoms with Gasteiger partial charge in [0.05, 0.1) is 42.7 Å². The minimum atomic E-state index is -0.803. The molecule has 0 amide bonds. The molecular weight excluding hydrogens is 1440 g/mol. The fourth-order valence-electron chi connectivity index (χ4n) is 14.4. The van der Waals surface area contributed by atoms with Gasteiger partial charge in [-0.2, -0.15) is 0 Å². The van der Waals surface area contributed by atoms with Gasteiger partial charge in [-0.05, 0) is 137 Å². The maximum Gasteiger partial charge on any atom is 0.353 e. The van der Waals surface area contributed by atoms with Gasteiger partial charge in [-0.3, -0.25) is 0 Å². The number of rotatable bonds is 6. The van der Waals surface area contributed by atoms with E-state index in [1.165, 1.54) is 79.1 Å². The van der Waals surface area contributed by atoms with Crippen LogP contribution in [0.2, 0.25) is 0 Å². The summed E-state index contributed by atoms with van der Waals surface area (Å²) in [6, 6.07) is 65.6. The first-order valence-corrected chi connectivity index (χ1v) is 36.7. The predicted octanol–water partition coefficient (Wildman–Crippen LogP) is 20.0. The molecule has 0 N–H and O–H groups in total. The number of carbonyl (C=O) groups is 6. The molecule has 0 spiro atoms. The molecule has 1 aliphatic rings. The third kappa shape index (κ3) is 12.9. The zero-order valence-corrected chi connectivity index (χ0v) is 61.6. The molecule has 0 radical (unpaired) electrons. The maximum absolute atomic E-state index is 14.7. The van der Waals surface area contributed by atoms with Gasteiger partial charge in [0, 0.05) is 55.6 Å². The highest BCUT2D eigenvalue weighted by atomic mass is 32.1. The minimum absolute atomic E-state index is 0.0497. The van der Waals surface area contributed by atoms with Crippen LogP contribution in [-0.2, 0) is 45.4 Å². The zero-order chi connectivity index (χ0) is 75.1. The lowest BCUT2D eigenvalue weighted by atomic mass is 9.89. The van der Waals surface area contributed by atoms with Gasteiger partial charge >= 0.3 is 35.8 Å². The van der Waals surface area contributed by atoms with E-state index in [0.717, 1.165) is 77.1 Å². The summed E-state index contributed by atoms with van der Waals surface area (Å²) in [6.45, 7) is -1.07. The number of hydrogen-bond acceptors (Lipinski definition) is 21. The third-order valence-corrected chi connectivity index (χ3v) is 22.2. The Morgan fingerprint density at radius 1 is 0.239 bits per heavy atom. The fourth-order valence-corrected chi connectivity index (χ4v) is 16.7. The molecule has 12 aromatic carbocycles. The van der Waals surface area contributed by atoms with Crippen molar-refractivity contribution in [2.75, 3.05) is 42.7 Å². The molecule has 21 heteroatoms. The topological polar surface area (TPSA) is 213 Å². The zero-order valence-electron chi connectivity index (χ0n) is 59.2. The number of methoxy groups -OCH3 is 6. The molecule has 1 aliphatic heterocycles. The summed E-state index contributed by atoms with van der Waals surface area (Å²) < 4.78 is 74.8. The molecule has 15 aromatic rings. The van der Waals surface area contributed by atoms with Crippen LogP contribution in [0.1, 0.15) is 80.3 Å². The van der Waals surface area contributed by atoms with Gasteiger partial charge in [-0.25, -0.2) is 28.8 Å². The fraction of sp³-hybridized carbons (Fsp3) is 0.114. The molecule has 540 valence electrons. The molecule has 16 rings (SSSR count). The third-order valence-electron chi connectivity index (χ3n) is 19.1. The molecule has 0 fully saturated rings. The molecule has 0 unspecified atom stereocenters. The molecular formula is C88H62O18S3. The first-order valence-electron chi connectivity index (χ1n) is 34.2. The Labute approximate surface area is 634 Å². The van der Waals surface area contributed by atoms with E-state index < -0.39 is 35.8 Å². The lowest BCUT2D eigenvalue weighted by Gasteiger charge is -2.22. The molecule has 0 saturated heterocycles. The quantitative estimate of drug-likeness (QED) is 0.0860. The maximum atomic E-state index is 14.7. The van der Waals surface area contributed by atoms with E-state index in [-0.39, 0.29) is 78.7 Å². The Balaban J connectivity index is 0.803. The smallest absolute Gasteiger partial charge is 0.353 e. The Morgan fingerprint density at radius 3 is 0.651 bits per heavy atom. The number of fused-ring (bicyclic) bond motifs is 33. The van der Waals surface area contributed by atoms with Gasteiger partial charge in [-0.1, -0.05) is 146 Å². The summed E-state index contributed by atoms with van der Waals surface area (Å²) in [7, 11) is 9.02. The summed E-state index contributed by atoms with van der Waals surface area (Å²) >= 11 is 2.67. The lowest BCUT2D eigenvalue weighted by molar-refractivity contribution is 0.0465. The van der Waals surface area contributed by atoms with Crippen molar-refractivity contribution in [1.82, 2.24) is 0 Å². The molecule has 0 atom stereocenters. The summed E-state index contributed by atoms with van der Waals surface area (Å²) in [5.74, 6) is -2.58. The van der Waals surface area contributed by atoms with Crippen LogP contribution in [0, 0.1) is 0 Å². The van der Waals surface area contributed by atoms with E-state index in [1.807, 2.05) is 170 Å². The highest BCUT2D eigenvalue weighted by molar-refractivity contribution is 7.16. The normalized spacial score (nSPS) is 13.3. The van der Waals surface area contributed by atoms with Crippen molar-refractivity contribution in [3.05, 3.63) is 270 Å². The summed E-state index contributed by atoms with van der Waals surface area (Å²) in [5.41, 5.74) is 5.32. The standard InChI is InChI=1S/C88H62O18S3/c1-95-77-53-37-47-19-7-13-25-57(47)71(77)72-58-26-14-8-20-48(58)38-54(78(72)96-2)44-102-84(90)66-32-34-68(108-66)86(92)104-46-56-40-50-22-10-16-28-60(50)74(80(56)98-4)76-62-30-18-12-24-52(62)42-64(82(76)100-6)106-88(94)70-36-35-69(109-70)87(93)105-63-41-51-23-11-17-29-61(51)75(81(63)99-5)73-59-27-15-9-21-49(59)39-55(79(73)97-3)45-103-85(91)67-33-31-65(107-67)83(89)101-43-53/h7-42H,43-46H2,1-6H3. The number of hydrogen-bond donors (Lipinski definition) is 0. The molecule has 0 aliphatic carbocycles. The van der Waals surface area contributed by atoms with Crippen LogP contribution in [0.3, 0.4) is 0 Å². The van der Waals surface area contributed by atoms with Crippen molar-refractivity contribution in [1.29, 1.82) is 0 Å². The van der Waals surface area contributed by atoms with Crippen molar-refractivity contribution in [3.8, 4) is 79.4 Å². The van der Waals surface area contributed by atoms with Crippen molar-refractivity contribution in [2.45, 2.75) is 26.4 Å². The highest BCUT2D eigenvalue weighted by Gasteiger charge is 2.32. The van der Waals surface area contributed by atoms with Crippen LogP contribution >= 0.6 is 34.0 Å². The van der Waals surface area contributed by atoms with Crippen LogP contribution < -0.4 is 37.9 Å². The average molecular weight is 1500 g/mol. The van der Waals surface area contributed by atoms with Gasteiger partial charge in [0.1, 0.15) is 78.7 Å². The van der Waals surface area contributed by atoms with Crippen LogP contribution in [0.25, 0.3) is 98.0 Å². The lowest BCUT2D eigenvalue weighted by Crippen LogP contribution is -2.10. The van der Waals surface area contributed by atoms with Gasteiger partial charge < -0.3 is 56.8 Å². The summed E-state index contributed by atoms with van der Waals surface area (Å²) in [4.78, 5) is 86.9. The Morgan fingerprint density at radius 2 is 0.431 bits per heavy atom. The first-order chi connectivity index (χ1) is 53.3. The van der Waals surface area contributed by atoms with Crippen molar-refractivity contribution >= 4 is 134 Å². The number of carbonyl (C=O) groups excluding carboxylic acids is 6. The summed E-state index contributed by atoms with van der Waals surface area (Å²) in [5, 5.41) is 8.87. The van der Waals surface area contributed by atoms with Crippen LogP contribution in [0.5, 0.6) is 46.0 Å². The molecule has 18 nitrogen and oxygen atoms in total. The van der Waals surface area contributed by atoms with Crippen LogP contribution in [0.4, 0.5) is 0 Å². The first kappa shape index (κ1) is 70.2. The average Bonchev–Trinajstić information content (AvgIpc) is 0.877. The van der Waals surface area contributed by atoms with Crippen molar-refractivity contribution < 1.29 is 85.6 Å². The second-order valence-electron chi connectivity index (χ2n) is 25.2. The van der Waals surface area contributed by atoms with Crippen LogP contribution in [0.15, 0.2) is 218 Å². The van der Waals surface area contributed by atoms with Gasteiger partial charge in [-0.15, -0.1) is 34.0 Å². The number of ether oxygens (including phenoxy) is 12. The van der Waals surface area contributed by atoms with E-state index in [9.17, 15) is 28.8 Å². The van der Waals surface area contributed by atoms with E-state index in [1.54, 1.807) is 12.1 Å². The number of esters is 6.